The van der Waals surface area contributed by atoms with Gasteiger partial charge >= 0.3 is 0 Å². The molecule has 2 heterocycles. The van der Waals surface area contributed by atoms with Gasteiger partial charge in [-0.25, -0.2) is 0 Å². The second kappa shape index (κ2) is 6.42. The van der Waals surface area contributed by atoms with Crippen molar-refractivity contribution < 1.29 is 0 Å². The van der Waals surface area contributed by atoms with Gasteiger partial charge in [-0.15, -0.1) is 12.4 Å². The topological polar surface area (TPSA) is 28.2 Å². The summed E-state index contributed by atoms with van der Waals surface area (Å²) in [7, 11) is 0. The number of aryl methyl sites for hydroxylation is 2. The van der Waals surface area contributed by atoms with Crippen molar-refractivity contribution in [3.8, 4) is 0 Å². The lowest BCUT2D eigenvalue weighted by atomic mass is 10.1. The first-order valence-corrected chi connectivity index (χ1v) is 7.14. The fourth-order valence-corrected chi connectivity index (χ4v) is 2.77. The van der Waals surface area contributed by atoms with E-state index in [1.165, 1.54) is 16.6 Å². The molecule has 1 aromatic heterocycles. The van der Waals surface area contributed by atoms with Crippen molar-refractivity contribution in [1.82, 2.24) is 10.3 Å². The van der Waals surface area contributed by atoms with Gasteiger partial charge in [0.15, 0.2) is 0 Å². The normalized spacial score (nSPS) is 15.2. The van der Waals surface area contributed by atoms with Gasteiger partial charge in [-0.3, -0.25) is 4.98 Å². The highest BCUT2D eigenvalue weighted by Crippen LogP contribution is 2.28. The van der Waals surface area contributed by atoms with Crippen LogP contribution in [0.4, 0.5) is 5.69 Å². The first-order chi connectivity index (χ1) is 9.28. The summed E-state index contributed by atoms with van der Waals surface area (Å²) in [6.45, 7) is 8.57. The van der Waals surface area contributed by atoms with Gasteiger partial charge in [0.05, 0.1) is 5.52 Å². The molecule has 20 heavy (non-hydrogen) atoms. The number of rotatable bonds is 2. The van der Waals surface area contributed by atoms with E-state index in [1.807, 2.05) is 0 Å². The average Bonchev–Trinajstić information content (AvgIpc) is 2.47. The third kappa shape index (κ3) is 2.89. The summed E-state index contributed by atoms with van der Waals surface area (Å²) in [5, 5.41) is 4.71. The molecule has 0 radical (unpaired) electrons. The minimum Gasteiger partial charge on any atom is -0.368 e. The fourth-order valence-electron chi connectivity index (χ4n) is 2.77. The minimum absolute atomic E-state index is 0. The smallest absolute Gasteiger partial charge is 0.0726 e. The summed E-state index contributed by atoms with van der Waals surface area (Å²) in [5.74, 6) is 0. The monoisotopic (exact) mass is 291 g/mol. The van der Waals surface area contributed by atoms with Crippen LogP contribution in [0.5, 0.6) is 0 Å². The second-order valence-electron chi connectivity index (χ2n) is 5.22. The summed E-state index contributed by atoms with van der Waals surface area (Å²) in [6, 6.07) is 8.88. The predicted molar refractivity (Wildman–Crippen MR) is 88.2 cm³/mol. The van der Waals surface area contributed by atoms with E-state index < -0.39 is 0 Å². The van der Waals surface area contributed by atoms with Crippen LogP contribution in [0.15, 0.2) is 24.3 Å². The van der Waals surface area contributed by atoms with Gasteiger partial charge in [0.2, 0.25) is 0 Å². The molecule has 0 atom stereocenters. The average molecular weight is 292 g/mol. The fraction of sp³-hybridized carbons (Fsp3) is 0.438. The number of pyridine rings is 1. The molecule has 1 N–H and O–H groups in total. The van der Waals surface area contributed by atoms with Crippen molar-refractivity contribution in [3.05, 3.63) is 35.5 Å². The predicted octanol–water partition coefficient (Wildman–Crippen LogP) is 2.94. The van der Waals surface area contributed by atoms with E-state index >= 15 is 0 Å². The zero-order valence-corrected chi connectivity index (χ0v) is 13.0. The molecule has 0 bridgehead atoms. The van der Waals surface area contributed by atoms with Crippen LogP contribution in [0.3, 0.4) is 0 Å². The molecule has 3 nitrogen and oxygen atoms in total. The highest BCUT2D eigenvalue weighted by Gasteiger charge is 2.14. The van der Waals surface area contributed by atoms with Crippen LogP contribution in [0.1, 0.15) is 18.2 Å². The number of fused-ring (bicyclic) bond motifs is 1. The zero-order valence-electron chi connectivity index (χ0n) is 12.1. The quantitative estimate of drug-likeness (QED) is 0.922. The van der Waals surface area contributed by atoms with Crippen LogP contribution in [-0.2, 0) is 6.42 Å². The Hall–Kier alpha value is -1.32. The van der Waals surface area contributed by atoms with E-state index in [9.17, 15) is 0 Å². The Balaban J connectivity index is 0.00000147. The molecule has 2 aromatic rings. The van der Waals surface area contributed by atoms with Gasteiger partial charge in [0, 0.05) is 42.9 Å². The van der Waals surface area contributed by atoms with Crippen molar-refractivity contribution >= 4 is 29.0 Å². The van der Waals surface area contributed by atoms with Crippen LogP contribution in [0.25, 0.3) is 10.9 Å². The van der Waals surface area contributed by atoms with Crippen LogP contribution in [0.2, 0.25) is 0 Å². The molecule has 0 amide bonds. The molecular formula is C16H22ClN3. The number of hydrogen-bond donors (Lipinski definition) is 1. The highest BCUT2D eigenvalue weighted by atomic mass is 35.5. The van der Waals surface area contributed by atoms with Gasteiger partial charge < -0.3 is 10.2 Å². The molecule has 108 valence electrons. The Morgan fingerprint density at radius 3 is 2.65 bits per heavy atom. The van der Waals surface area contributed by atoms with E-state index in [4.69, 9.17) is 0 Å². The van der Waals surface area contributed by atoms with Gasteiger partial charge in [0.25, 0.3) is 0 Å². The molecule has 0 aliphatic carbocycles. The van der Waals surface area contributed by atoms with Crippen LogP contribution < -0.4 is 10.2 Å². The maximum absolute atomic E-state index is 4.66. The SMILES string of the molecule is CCc1ccc2nc(C)cc(N3CCNCC3)c2c1.Cl. The lowest BCUT2D eigenvalue weighted by molar-refractivity contribution is 0.590. The maximum atomic E-state index is 4.66. The number of hydrogen-bond acceptors (Lipinski definition) is 3. The Kier molecular flexibility index (Phi) is 4.84. The molecule has 3 rings (SSSR count). The summed E-state index contributed by atoms with van der Waals surface area (Å²) < 4.78 is 0. The van der Waals surface area contributed by atoms with Crippen LogP contribution in [0, 0.1) is 6.92 Å². The second-order valence-corrected chi connectivity index (χ2v) is 5.22. The Bertz CT molecular complexity index is 592. The summed E-state index contributed by atoms with van der Waals surface area (Å²) in [6.07, 6.45) is 1.07. The van der Waals surface area contributed by atoms with E-state index in [0.29, 0.717) is 0 Å². The number of nitrogens with zero attached hydrogens (tertiary/aromatic N) is 2. The summed E-state index contributed by atoms with van der Waals surface area (Å²) in [5.41, 5.74) is 4.95. The van der Waals surface area contributed by atoms with Crippen molar-refractivity contribution in [3.63, 3.8) is 0 Å². The van der Waals surface area contributed by atoms with Crippen molar-refractivity contribution in [2.45, 2.75) is 20.3 Å². The number of anilines is 1. The van der Waals surface area contributed by atoms with Crippen LogP contribution in [-0.4, -0.2) is 31.2 Å². The van der Waals surface area contributed by atoms with Gasteiger partial charge in [0.1, 0.15) is 0 Å². The Labute approximate surface area is 126 Å². The molecule has 1 aliphatic rings. The number of nitrogens with one attached hydrogen (secondary N) is 1. The molecule has 1 aliphatic heterocycles. The van der Waals surface area contributed by atoms with Gasteiger partial charge in [-0.2, -0.15) is 0 Å². The largest absolute Gasteiger partial charge is 0.368 e. The van der Waals surface area contributed by atoms with E-state index in [2.05, 4.69) is 53.3 Å². The summed E-state index contributed by atoms with van der Waals surface area (Å²) in [4.78, 5) is 7.14. The lowest BCUT2D eigenvalue weighted by Crippen LogP contribution is -2.43. The van der Waals surface area contributed by atoms with E-state index in [-0.39, 0.29) is 12.4 Å². The van der Waals surface area contributed by atoms with Crippen LogP contribution >= 0.6 is 12.4 Å². The molecule has 1 saturated heterocycles. The summed E-state index contributed by atoms with van der Waals surface area (Å²) >= 11 is 0. The van der Waals surface area contributed by atoms with Gasteiger partial charge in [-0.05, 0) is 37.1 Å². The lowest BCUT2D eigenvalue weighted by Gasteiger charge is -2.30. The third-order valence-electron chi connectivity index (χ3n) is 3.85. The van der Waals surface area contributed by atoms with E-state index in [1.54, 1.807) is 0 Å². The Morgan fingerprint density at radius 2 is 1.95 bits per heavy atom. The number of piperazine rings is 1. The first-order valence-electron chi connectivity index (χ1n) is 7.14. The van der Waals surface area contributed by atoms with Crippen molar-refractivity contribution in [2.75, 3.05) is 31.1 Å². The van der Waals surface area contributed by atoms with Crippen molar-refractivity contribution in [2.24, 2.45) is 0 Å². The standard InChI is InChI=1S/C16H21N3.ClH/c1-3-13-4-5-15-14(11-13)16(10-12(2)18-15)19-8-6-17-7-9-19;/h4-5,10-11,17H,3,6-9H2,1-2H3;1H. The zero-order chi connectivity index (χ0) is 13.2. The molecule has 0 spiro atoms. The molecular weight excluding hydrogens is 270 g/mol. The molecule has 4 heteroatoms. The highest BCUT2D eigenvalue weighted by molar-refractivity contribution is 5.92. The molecule has 0 saturated carbocycles. The third-order valence-corrected chi connectivity index (χ3v) is 3.85. The maximum Gasteiger partial charge on any atom is 0.0726 e. The van der Waals surface area contributed by atoms with E-state index in [0.717, 1.165) is 43.8 Å². The molecule has 1 fully saturated rings. The number of halogens is 1. The molecule has 1 aromatic carbocycles. The number of benzene rings is 1. The Morgan fingerprint density at radius 1 is 1.20 bits per heavy atom. The minimum atomic E-state index is 0. The molecule has 0 unspecified atom stereocenters. The van der Waals surface area contributed by atoms with Crippen molar-refractivity contribution in [1.29, 1.82) is 0 Å². The number of aromatic nitrogens is 1. The van der Waals surface area contributed by atoms with Gasteiger partial charge in [-0.1, -0.05) is 13.0 Å². The first kappa shape index (κ1) is 15.1.